The minimum atomic E-state index is -0.449. The molecule has 0 saturated carbocycles. The van der Waals surface area contributed by atoms with E-state index in [0.29, 0.717) is 11.6 Å². The highest BCUT2D eigenvalue weighted by atomic mass is 35.5. The molecule has 2 rings (SSSR count). The lowest BCUT2D eigenvalue weighted by Gasteiger charge is -2.19. The number of rotatable bonds is 5. The lowest BCUT2D eigenvalue weighted by atomic mass is 10.3. The van der Waals surface area contributed by atoms with E-state index in [1.54, 1.807) is 12.3 Å². The molecule has 0 aliphatic carbocycles. The molecule has 0 fully saturated rings. The molecule has 1 aromatic heterocycles. The van der Waals surface area contributed by atoms with Crippen LogP contribution in [0.2, 0.25) is 5.02 Å². The number of hydrogen-bond acceptors (Lipinski definition) is 4. The van der Waals surface area contributed by atoms with Crippen molar-refractivity contribution in [3.8, 4) is 0 Å². The Morgan fingerprint density at radius 2 is 2.00 bits per heavy atom. The van der Waals surface area contributed by atoms with E-state index in [1.165, 1.54) is 12.1 Å². The van der Waals surface area contributed by atoms with Crippen LogP contribution in [0.15, 0.2) is 30.5 Å². The van der Waals surface area contributed by atoms with Gasteiger partial charge in [-0.25, -0.2) is 9.37 Å². The van der Waals surface area contributed by atoms with Gasteiger partial charge in [0.15, 0.2) is 0 Å². The Labute approximate surface area is 122 Å². The van der Waals surface area contributed by atoms with Gasteiger partial charge in [-0.2, -0.15) is 4.98 Å². The van der Waals surface area contributed by atoms with Crippen LogP contribution in [0.1, 0.15) is 13.8 Å². The standard InChI is InChI=1S/C14H16ClFN4/c1-3-20(4-2)13-7-8-17-14(19-13)18-10-5-6-12(16)11(15)9-10/h5-9H,3-4H2,1-2H3,(H,17,18,19). The smallest absolute Gasteiger partial charge is 0.229 e. The predicted molar refractivity (Wildman–Crippen MR) is 80.3 cm³/mol. The average Bonchev–Trinajstić information content (AvgIpc) is 2.45. The summed E-state index contributed by atoms with van der Waals surface area (Å²) in [4.78, 5) is 10.7. The second kappa shape index (κ2) is 6.52. The van der Waals surface area contributed by atoms with E-state index in [0.717, 1.165) is 18.9 Å². The summed E-state index contributed by atoms with van der Waals surface area (Å²) in [6.07, 6.45) is 1.69. The van der Waals surface area contributed by atoms with Crippen LogP contribution in [0, 0.1) is 5.82 Å². The van der Waals surface area contributed by atoms with E-state index < -0.39 is 5.82 Å². The highest BCUT2D eigenvalue weighted by Crippen LogP contribution is 2.22. The third-order valence-corrected chi connectivity index (χ3v) is 3.19. The molecule has 0 aliphatic rings. The number of nitrogens with zero attached hydrogens (tertiary/aromatic N) is 3. The first kappa shape index (κ1) is 14.5. The first-order chi connectivity index (χ1) is 9.63. The average molecular weight is 295 g/mol. The molecule has 4 nitrogen and oxygen atoms in total. The van der Waals surface area contributed by atoms with Crippen LogP contribution in [-0.4, -0.2) is 23.1 Å². The maximum Gasteiger partial charge on any atom is 0.229 e. The van der Waals surface area contributed by atoms with E-state index >= 15 is 0 Å². The largest absolute Gasteiger partial charge is 0.357 e. The van der Waals surface area contributed by atoms with Crippen molar-refractivity contribution in [2.45, 2.75) is 13.8 Å². The zero-order valence-corrected chi connectivity index (χ0v) is 12.2. The van der Waals surface area contributed by atoms with Gasteiger partial charge in [-0.15, -0.1) is 0 Å². The Balaban J connectivity index is 2.21. The van der Waals surface area contributed by atoms with Crippen molar-refractivity contribution in [2.75, 3.05) is 23.3 Å². The molecule has 20 heavy (non-hydrogen) atoms. The van der Waals surface area contributed by atoms with Crippen LogP contribution in [0.4, 0.5) is 21.8 Å². The molecule has 0 saturated heterocycles. The van der Waals surface area contributed by atoms with Crippen LogP contribution in [-0.2, 0) is 0 Å². The van der Waals surface area contributed by atoms with Gasteiger partial charge in [0.2, 0.25) is 5.95 Å². The molecule has 0 bridgehead atoms. The van der Waals surface area contributed by atoms with Crippen molar-refractivity contribution in [1.82, 2.24) is 9.97 Å². The molecule has 0 amide bonds. The number of halogens is 2. The number of benzene rings is 1. The quantitative estimate of drug-likeness (QED) is 0.909. The second-order valence-electron chi connectivity index (χ2n) is 4.16. The molecule has 0 unspecified atom stereocenters. The summed E-state index contributed by atoms with van der Waals surface area (Å²) in [5.74, 6) is 0.854. The number of anilines is 3. The second-order valence-corrected chi connectivity index (χ2v) is 4.57. The third kappa shape index (κ3) is 3.36. The number of aromatic nitrogens is 2. The van der Waals surface area contributed by atoms with E-state index in [4.69, 9.17) is 11.6 Å². The van der Waals surface area contributed by atoms with Crippen molar-refractivity contribution in [2.24, 2.45) is 0 Å². The topological polar surface area (TPSA) is 41.1 Å². The summed E-state index contributed by atoms with van der Waals surface area (Å²) in [6, 6.07) is 6.26. The van der Waals surface area contributed by atoms with Crippen molar-refractivity contribution in [1.29, 1.82) is 0 Å². The summed E-state index contributed by atoms with van der Waals surface area (Å²) >= 11 is 5.74. The van der Waals surface area contributed by atoms with Gasteiger partial charge in [-0.3, -0.25) is 0 Å². The summed E-state index contributed by atoms with van der Waals surface area (Å²) in [5, 5.41) is 3.08. The van der Waals surface area contributed by atoms with Gasteiger partial charge in [0.05, 0.1) is 5.02 Å². The molecule has 0 aliphatic heterocycles. The molecule has 0 spiro atoms. The monoisotopic (exact) mass is 294 g/mol. The minimum absolute atomic E-state index is 0.0647. The van der Waals surface area contributed by atoms with Gasteiger partial charge in [0.1, 0.15) is 11.6 Å². The van der Waals surface area contributed by atoms with E-state index in [9.17, 15) is 4.39 Å². The summed E-state index contributed by atoms with van der Waals surface area (Å²) in [7, 11) is 0. The van der Waals surface area contributed by atoms with Crippen LogP contribution >= 0.6 is 11.6 Å². The maximum absolute atomic E-state index is 13.1. The first-order valence-electron chi connectivity index (χ1n) is 6.44. The molecule has 106 valence electrons. The Kier molecular flexibility index (Phi) is 4.74. The number of hydrogen-bond donors (Lipinski definition) is 1. The summed E-state index contributed by atoms with van der Waals surface area (Å²) in [6.45, 7) is 5.88. The number of nitrogens with one attached hydrogen (secondary N) is 1. The fraction of sp³-hybridized carbons (Fsp3) is 0.286. The Morgan fingerprint density at radius 1 is 1.25 bits per heavy atom. The molecule has 1 N–H and O–H groups in total. The molecule has 1 heterocycles. The zero-order chi connectivity index (χ0) is 14.5. The highest BCUT2D eigenvalue weighted by molar-refractivity contribution is 6.31. The van der Waals surface area contributed by atoms with E-state index in [-0.39, 0.29) is 5.02 Å². The SMILES string of the molecule is CCN(CC)c1ccnc(Nc2ccc(F)c(Cl)c2)n1. The van der Waals surface area contributed by atoms with Crippen LogP contribution < -0.4 is 10.2 Å². The predicted octanol–water partition coefficient (Wildman–Crippen LogP) is 3.86. The fourth-order valence-corrected chi connectivity index (χ4v) is 2.02. The van der Waals surface area contributed by atoms with Crippen LogP contribution in [0.3, 0.4) is 0 Å². The van der Waals surface area contributed by atoms with Crippen molar-refractivity contribution < 1.29 is 4.39 Å². The molecule has 0 radical (unpaired) electrons. The highest BCUT2D eigenvalue weighted by Gasteiger charge is 2.06. The van der Waals surface area contributed by atoms with Crippen molar-refractivity contribution in [3.05, 3.63) is 41.3 Å². The van der Waals surface area contributed by atoms with E-state index in [1.807, 2.05) is 6.07 Å². The first-order valence-corrected chi connectivity index (χ1v) is 6.82. The lowest BCUT2D eigenvalue weighted by Crippen LogP contribution is -2.23. The zero-order valence-electron chi connectivity index (χ0n) is 11.4. The molecule has 6 heteroatoms. The molecule has 0 atom stereocenters. The molecule has 2 aromatic rings. The van der Waals surface area contributed by atoms with Gasteiger partial charge in [-0.1, -0.05) is 11.6 Å². The molecule has 1 aromatic carbocycles. The van der Waals surface area contributed by atoms with Crippen molar-refractivity contribution in [3.63, 3.8) is 0 Å². The fourth-order valence-electron chi connectivity index (χ4n) is 1.84. The Bertz CT molecular complexity index is 587. The summed E-state index contributed by atoms with van der Waals surface area (Å²) in [5.41, 5.74) is 0.646. The minimum Gasteiger partial charge on any atom is -0.357 e. The third-order valence-electron chi connectivity index (χ3n) is 2.90. The maximum atomic E-state index is 13.1. The Hall–Kier alpha value is -1.88. The van der Waals surface area contributed by atoms with E-state index in [2.05, 4.69) is 34.0 Å². The van der Waals surface area contributed by atoms with Crippen LogP contribution in [0.25, 0.3) is 0 Å². The van der Waals surface area contributed by atoms with Gasteiger partial charge in [0, 0.05) is 25.0 Å². The van der Waals surface area contributed by atoms with Gasteiger partial charge in [-0.05, 0) is 38.1 Å². The van der Waals surface area contributed by atoms with Gasteiger partial charge in [0.25, 0.3) is 0 Å². The van der Waals surface area contributed by atoms with Crippen molar-refractivity contribution >= 4 is 29.1 Å². The summed E-state index contributed by atoms with van der Waals surface area (Å²) < 4.78 is 13.1. The van der Waals surface area contributed by atoms with Gasteiger partial charge < -0.3 is 10.2 Å². The van der Waals surface area contributed by atoms with Gasteiger partial charge >= 0.3 is 0 Å². The van der Waals surface area contributed by atoms with Crippen LogP contribution in [0.5, 0.6) is 0 Å². The molecular formula is C14H16ClFN4. The normalized spacial score (nSPS) is 10.4. The Morgan fingerprint density at radius 3 is 2.65 bits per heavy atom. The lowest BCUT2D eigenvalue weighted by molar-refractivity contribution is 0.628. The molecular weight excluding hydrogens is 279 g/mol.